The van der Waals surface area contributed by atoms with Gasteiger partial charge in [0.15, 0.2) is 0 Å². The van der Waals surface area contributed by atoms with Gasteiger partial charge >= 0.3 is 0 Å². The van der Waals surface area contributed by atoms with Crippen LogP contribution >= 0.6 is 15.9 Å². The Morgan fingerprint density at radius 3 is 3.11 bits per heavy atom. The minimum atomic E-state index is 0.820. The van der Waals surface area contributed by atoms with Gasteiger partial charge in [-0.1, -0.05) is 0 Å². The maximum absolute atomic E-state index is 3.83. The highest BCUT2D eigenvalue weighted by Gasteiger charge is 1.97. The van der Waals surface area contributed by atoms with Crippen LogP contribution in [0.2, 0.25) is 0 Å². The first-order chi connectivity index (χ1) is 4.34. The fourth-order valence-electron chi connectivity index (χ4n) is 0.599. The van der Waals surface area contributed by atoms with Gasteiger partial charge in [-0.25, -0.2) is 0 Å². The summed E-state index contributed by atoms with van der Waals surface area (Å²) in [7, 11) is 1.90. The quantitative estimate of drug-likeness (QED) is 0.727. The van der Waals surface area contributed by atoms with E-state index in [1.807, 2.05) is 7.05 Å². The lowest BCUT2D eigenvalue weighted by molar-refractivity contribution is 0.781. The minimum Gasteiger partial charge on any atom is -0.314 e. The van der Waals surface area contributed by atoms with Gasteiger partial charge in [-0.05, 0) is 23.0 Å². The number of H-pyrrole nitrogens is 1. The molecule has 50 valence electrons. The van der Waals surface area contributed by atoms with Crippen molar-refractivity contribution in [1.29, 1.82) is 0 Å². The van der Waals surface area contributed by atoms with Gasteiger partial charge in [-0.15, -0.1) is 0 Å². The summed E-state index contributed by atoms with van der Waals surface area (Å²) in [6.07, 6.45) is 1.74. The first-order valence-corrected chi connectivity index (χ1v) is 3.46. The predicted molar refractivity (Wildman–Crippen MR) is 39.1 cm³/mol. The summed E-state index contributed by atoms with van der Waals surface area (Å²) in [4.78, 5) is 0. The summed E-state index contributed by atoms with van der Waals surface area (Å²) < 4.78 is 1.02. The van der Waals surface area contributed by atoms with E-state index in [-0.39, 0.29) is 0 Å². The molecule has 4 heteroatoms. The Morgan fingerprint density at radius 2 is 2.67 bits per heavy atom. The second-order valence-corrected chi connectivity index (χ2v) is 2.58. The molecule has 3 nitrogen and oxygen atoms in total. The van der Waals surface area contributed by atoms with Crippen molar-refractivity contribution in [3.05, 3.63) is 16.4 Å². The van der Waals surface area contributed by atoms with E-state index in [0.29, 0.717) is 0 Å². The van der Waals surface area contributed by atoms with Crippen molar-refractivity contribution < 1.29 is 0 Å². The zero-order valence-electron chi connectivity index (χ0n) is 5.11. The molecule has 0 aliphatic carbocycles. The van der Waals surface area contributed by atoms with E-state index >= 15 is 0 Å². The number of nitrogens with zero attached hydrogens (tertiary/aromatic N) is 1. The van der Waals surface area contributed by atoms with Gasteiger partial charge in [0.25, 0.3) is 0 Å². The monoisotopic (exact) mass is 189 g/mol. The van der Waals surface area contributed by atoms with Gasteiger partial charge < -0.3 is 5.32 Å². The second kappa shape index (κ2) is 2.98. The maximum atomic E-state index is 3.83. The van der Waals surface area contributed by atoms with Crippen LogP contribution in [0, 0.1) is 0 Å². The predicted octanol–water partition coefficient (Wildman–Crippen LogP) is 0.892. The number of aromatic amines is 1. The Balaban J connectivity index is 2.69. The van der Waals surface area contributed by atoms with E-state index in [0.717, 1.165) is 16.7 Å². The lowest BCUT2D eigenvalue weighted by Crippen LogP contribution is -2.05. The molecule has 0 saturated carbocycles. The third kappa shape index (κ3) is 1.53. The van der Waals surface area contributed by atoms with E-state index in [1.54, 1.807) is 6.20 Å². The summed E-state index contributed by atoms with van der Waals surface area (Å²) in [6.45, 7) is 0.820. The van der Waals surface area contributed by atoms with Crippen molar-refractivity contribution >= 4 is 15.9 Å². The first-order valence-electron chi connectivity index (χ1n) is 2.67. The van der Waals surface area contributed by atoms with Crippen LogP contribution in [-0.2, 0) is 6.54 Å². The number of hydrogen-bond acceptors (Lipinski definition) is 2. The molecule has 9 heavy (non-hydrogen) atoms. The van der Waals surface area contributed by atoms with E-state index in [9.17, 15) is 0 Å². The van der Waals surface area contributed by atoms with Gasteiger partial charge in [-0.3, -0.25) is 5.10 Å². The van der Waals surface area contributed by atoms with E-state index in [4.69, 9.17) is 0 Å². The minimum absolute atomic E-state index is 0.820. The Bertz CT molecular complexity index is 184. The van der Waals surface area contributed by atoms with Crippen LogP contribution in [-0.4, -0.2) is 17.2 Å². The Hall–Kier alpha value is -0.350. The molecule has 0 aliphatic heterocycles. The van der Waals surface area contributed by atoms with Gasteiger partial charge in [0.2, 0.25) is 0 Å². The molecule has 0 radical (unpaired) electrons. The molecule has 0 bridgehead atoms. The summed E-state index contributed by atoms with van der Waals surface area (Å²) in [5, 5.41) is 9.69. The molecule has 2 N–H and O–H groups in total. The van der Waals surface area contributed by atoms with Gasteiger partial charge in [-0.2, -0.15) is 5.10 Å². The van der Waals surface area contributed by atoms with Crippen LogP contribution in [0.4, 0.5) is 0 Å². The Labute approximate surface area is 62.0 Å². The number of rotatable bonds is 2. The average Bonchev–Trinajstić information content (AvgIpc) is 2.18. The number of halogens is 1. The molecule has 0 unspecified atom stereocenters. The Morgan fingerprint density at radius 1 is 1.89 bits per heavy atom. The molecular weight excluding hydrogens is 182 g/mol. The molecule has 0 aliphatic rings. The summed E-state index contributed by atoms with van der Waals surface area (Å²) in [5.41, 5.74) is 1.08. The van der Waals surface area contributed by atoms with Gasteiger partial charge in [0.05, 0.1) is 16.4 Å². The van der Waals surface area contributed by atoms with Crippen molar-refractivity contribution in [2.24, 2.45) is 0 Å². The largest absolute Gasteiger partial charge is 0.314 e. The third-order valence-electron chi connectivity index (χ3n) is 1.02. The molecule has 0 spiro atoms. The van der Waals surface area contributed by atoms with Crippen LogP contribution in [0.3, 0.4) is 0 Å². The van der Waals surface area contributed by atoms with Crippen molar-refractivity contribution in [2.75, 3.05) is 7.05 Å². The third-order valence-corrected chi connectivity index (χ3v) is 1.70. The molecule has 0 amide bonds. The van der Waals surface area contributed by atoms with Gasteiger partial charge in [0, 0.05) is 6.54 Å². The van der Waals surface area contributed by atoms with E-state index in [1.165, 1.54) is 0 Å². The van der Waals surface area contributed by atoms with Crippen LogP contribution < -0.4 is 5.32 Å². The van der Waals surface area contributed by atoms with Crippen LogP contribution in [0.15, 0.2) is 10.7 Å². The fourth-order valence-corrected chi connectivity index (χ4v) is 0.930. The molecule has 0 atom stereocenters. The molecule has 0 saturated heterocycles. The molecule has 1 heterocycles. The van der Waals surface area contributed by atoms with Crippen molar-refractivity contribution in [2.45, 2.75) is 6.54 Å². The van der Waals surface area contributed by atoms with Crippen molar-refractivity contribution in [3.8, 4) is 0 Å². The van der Waals surface area contributed by atoms with Crippen LogP contribution in [0.5, 0.6) is 0 Å². The standard InChI is InChI=1S/C5H8BrN3/c1-7-3-5-4(6)2-8-9-5/h2,7H,3H2,1H3,(H,8,9). The smallest absolute Gasteiger partial charge is 0.0633 e. The lowest BCUT2D eigenvalue weighted by atomic mass is 10.4. The molecule has 1 rings (SSSR count). The summed E-state index contributed by atoms with van der Waals surface area (Å²) in [5.74, 6) is 0. The first kappa shape index (κ1) is 6.77. The summed E-state index contributed by atoms with van der Waals surface area (Å²) >= 11 is 3.33. The SMILES string of the molecule is CNCc1[nH]ncc1Br. The highest BCUT2D eigenvalue weighted by Crippen LogP contribution is 2.11. The Kier molecular flexibility index (Phi) is 2.24. The van der Waals surface area contributed by atoms with E-state index in [2.05, 4.69) is 31.4 Å². The number of hydrogen-bond donors (Lipinski definition) is 2. The zero-order chi connectivity index (χ0) is 6.69. The van der Waals surface area contributed by atoms with Crippen LogP contribution in [0.1, 0.15) is 5.69 Å². The highest BCUT2D eigenvalue weighted by atomic mass is 79.9. The highest BCUT2D eigenvalue weighted by molar-refractivity contribution is 9.10. The number of aromatic nitrogens is 2. The lowest BCUT2D eigenvalue weighted by Gasteiger charge is -1.92. The maximum Gasteiger partial charge on any atom is 0.0633 e. The van der Waals surface area contributed by atoms with Gasteiger partial charge in [0.1, 0.15) is 0 Å². The average molecular weight is 190 g/mol. The second-order valence-electron chi connectivity index (χ2n) is 1.73. The van der Waals surface area contributed by atoms with Crippen LogP contribution in [0.25, 0.3) is 0 Å². The normalized spacial score (nSPS) is 10.0. The van der Waals surface area contributed by atoms with Crippen molar-refractivity contribution in [3.63, 3.8) is 0 Å². The van der Waals surface area contributed by atoms with E-state index < -0.39 is 0 Å². The summed E-state index contributed by atoms with van der Waals surface area (Å²) in [6, 6.07) is 0. The zero-order valence-corrected chi connectivity index (χ0v) is 6.70. The topological polar surface area (TPSA) is 40.7 Å². The van der Waals surface area contributed by atoms with Crippen molar-refractivity contribution in [1.82, 2.24) is 15.5 Å². The molecule has 0 fully saturated rings. The molecule has 1 aromatic heterocycles. The fraction of sp³-hybridized carbons (Fsp3) is 0.400. The molecule has 0 aromatic carbocycles. The molecular formula is C5H8BrN3. The molecule has 1 aromatic rings. The number of nitrogens with one attached hydrogen (secondary N) is 2.